The van der Waals surface area contributed by atoms with Gasteiger partial charge in [0.15, 0.2) is 0 Å². The largest absolute Gasteiger partial charge is 0.377 e. The maximum atomic E-state index is 12.2. The molecule has 92 valence electrons. The van der Waals surface area contributed by atoms with E-state index in [4.69, 9.17) is 4.74 Å². The predicted molar refractivity (Wildman–Crippen MR) is 62.3 cm³/mol. The van der Waals surface area contributed by atoms with Gasteiger partial charge in [-0.1, -0.05) is 0 Å². The van der Waals surface area contributed by atoms with Gasteiger partial charge in [0.25, 0.3) is 0 Å². The molecule has 4 heteroatoms. The predicted octanol–water partition coefficient (Wildman–Crippen LogP) is 0.766. The van der Waals surface area contributed by atoms with Crippen molar-refractivity contribution in [3.05, 3.63) is 0 Å². The van der Waals surface area contributed by atoms with E-state index < -0.39 is 0 Å². The zero-order valence-corrected chi connectivity index (χ0v) is 10.3. The second-order valence-electron chi connectivity index (χ2n) is 5.17. The highest BCUT2D eigenvalue weighted by Gasteiger charge is 2.35. The molecule has 2 fully saturated rings. The van der Waals surface area contributed by atoms with Crippen molar-refractivity contribution in [2.45, 2.75) is 44.2 Å². The van der Waals surface area contributed by atoms with Crippen LogP contribution in [0.4, 0.5) is 0 Å². The van der Waals surface area contributed by atoms with Crippen molar-refractivity contribution in [2.75, 3.05) is 26.7 Å². The fraction of sp³-hybridized carbons (Fsp3) is 0.917. The van der Waals surface area contributed by atoms with Crippen molar-refractivity contribution >= 4 is 5.91 Å². The first-order chi connectivity index (χ1) is 7.64. The molecule has 2 aliphatic rings. The molecular weight excluding hydrogens is 204 g/mol. The first kappa shape index (κ1) is 11.9. The maximum Gasteiger partial charge on any atom is 0.239 e. The van der Waals surface area contributed by atoms with Crippen LogP contribution in [0.25, 0.3) is 0 Å². The summed E-state index contributed by atoms with van der Waals surface area (Å²) in [5.41, 5.74) is -0.146. The van der Waals surface area contributed by atoms with E-state index in [2.05, 4.69) is 12.2 Å². The number of carbonyl (C=O) groups excluding carboxylic acids is 1. The molecule has 1 N–H and O–H groups in total. The molecule has 2 rings (SSSR count). The van der Waals surface area contributed by atoms with E-state index >= 15 is 0 Å². The summed E-state index contributed by atoms with van der Waals surface area (Å²) in [5, 5.41) is 3.27. The summed E-state index contributed by atoms with van der Waals surface area (Å²) < 4.78 is 5.51. The molecule has 0 bridgehead atoms. The Morgan fingerprint density at radius 2 is 2.31 bits per heavy atom. The van der Waals surface area contributed by atoms with Crippen LogP contribution in [0.2, 0.25) is 0 Å². The normalized spacial score (nSPS) is 35.4. The van der Waals surface area contributed by atoms with Crippen LogP contribution in [-0.4, -0.2) is 49.2 Å². The second kappa shape index (κ2) is 4.72. The van der Waals surface area contributed by atoms with Gasteiger partial charge in [-0.3, -0.25) is 4.79 Å². The minimum absolute atomic E-state index is 0.0548. The molecule has 0 saturated carbocycles. The number of nitrogens with zero attached hydrogens (tertiary/aromatic N) is 1. The third kappa shape index (κ3) is 2.38. The Labute approximate surface area is 97.3 Å². The fourth-order valence-corrected chi connectivity index (χ4v) is 2.68. The SMILES string of the molecule is COC1(C)CCCN(C(=O)[C@@H]2CCCN2)C1. The molecule has 0 radical (unpaired) electrons. The van der Waals surface area contributed by atoms with Crippen LogP contribution < -0.4 is 5.32 Å². The topological polar surface area (TPSA) is 41.6 Å². The highest BCUT2D eigenvalue weighted by atomic mass is 16.5. The average Bonchev–Trinajstić information content (AvgIpc) is 2.82. The van der Waals surface area contributed by atoms with Gasteiger partial charge in [0.1, 0.15) is 0 Å². The highest BCUT2D eigenvalue weighted by Crippen LogP contribution is 2.24. The molecule has 0 aliphatic carbocycles. The van der Waals surface area contributed by atoms with Gasteiger partial charge in [-0.25, -0.2) is 0 Å². The second-order valence-corrected chi connectivity index (χ2v) is 5.17. The van der Waals surface area contributed by atoms with Crippen LogP contribution in [0.1, 0.15) is 32.6 Å². The Hall–Kier alpha value is -0.610. The van der Waals surface area contributed by atoms with E-state index in [1.54, 1.807) is 7.11 Å². The average molecular weight is 226 g/mol. The van der Waals surface area contributed by atoms with Gasteiger partial charge in [-0.15, -0.1) is 0 Å². The monoisotopic (exact) mass is 226 g/mol. The minimum Gasteiger partial charge on any atom is -0.377 e. The van der Waals surface area contributed by atoms with Crippen molar-refractivity contribution < 1.29 is 9.53 Å². The smallest absolute Gasteiger partial charge is 0.239 e. The molecule has 2 saturated heterocycles. The van der Waals surface area contributed by atoms with Crippen LogP contribution in [0.3, 0.4) is 0 Å². The van der Waals surface area contributed by atoms with E-state index in [9.17, 15) is 4.79 Å². The molecule has 1 unspecified atom stereocenters. The summed E-state index contributed by atoms with van der Waals surface area (Å²) in [5.74, 6) is 0.264. The van der Waals surface area contributed by atoms with Gasteiger partial charge < -0.3 is 15.0 Å². The summed E-state index contributed by atoms with van der Waals surface area (Å²) >= 11 is 0. The molecule has 0 spiro atoms. The number of carbonyl (C=O) groups is 1. The molecule has 0 aromatic heterocycles. The van der Waals surface area contributed by atoms with Gasteiger partial charge in [0.2, 0.25) is 5.91 Å². The van der Waals surface area contributed by atoms with Crippen LogP contribution in [0.5, 0.6) is 0 Å². The molecule has 0 aromatic carbocycles. The number of likely N-dealkylation sites (tertiary alicyclic amines) is 1. The zero-order valence-electron chi connectivity index (χ0n) is 10.3. The van der Waals surface area contributed by atoms with Crippen LogP contribution in [0, 0.1) is 0 Å². The Morgan fingerprint density at radius 1 is 1.50 bits per heavy atom. The molecule has 16 heavy (non-hydrogen) atoms. The van der Waals surface area contributed by atoms with E-state index in [1.807, 2.05) is 4.90 Å². The van der Waals surface area contributed by atoms with Gasteiger partial charge in [-0.05, 0) is 39.2 Å². The molecule has 4 nitrogen and oxygen atoms in total. The number of piperidine rings is 1. The van der Waals surface area contributed by atoms with Crippen LogP contribution >= 0.6 is 0 Å². The third-order valence-electron chi connectivity index (χ3n) is 3.82. The van der Waals surface area contributed by atoms with E-state index in [0.29, 0.717) is 0 Å². The highest BCUT2D eigenvalue weighted by molar-refractivity contribution is 5.82. The van der Waals surface area contributed by atoms with Gasteiger partial charge >= 0.3 is 0 Å². The number of amides is 1. The van der Waals surface area contributed by atoms with Gasteiger partial charge in [-0.2, -0.15) is 0 Å². The van der Waals surface area contributed by atoms with E-state index in [1.165, 1.54) is 0 Å². The van der Waals surface area contributed by atoms with Gasteiger partial charge in [0.05, 0.1) is 11.6 Å². The molecule has 2 atom stereocenters. The first-order valence-electron chi connectivity index (χ1n) is 6.22. The maximum absolute atomic E-state index is 12.2. The molecule has 2 heterocycles. The number of nitrogens with one attached hydrogen (secondary N) is 1. The molecule has 2 aliphatic heterocycles. The van der Waals surface area contributed by atoms with E-state index in [-0.39, 0.29) is 17.6 Å². The standard InChI is InChI=1S/C12H22N2O2/c1-12(16-2)6-4-8-14(9-12)11(15)10-5-3-7-13-10/h10,13H,3-9H2,1-2H3/t10-,12?/m0/s1. The lowest BCUT2D eigenvalue weighted by Crippen LogP contribution is -2.53. The third-order valence-corrected chi connectivity index (χ3v) is 3.82. The number of hydrogen-bond donors (Lipinski definition) is 1. The summed E-state index contributed by atoms with van der Waals surface area (Å²) in [6, 6.07) is 0.0548. The lowest BCUT2D eigenvalue weighted by molar-refractivity contribution is -0.141. The summed E-state index contributed by atoms with van der Waals surface area (Å²) in [7, 11) is 1.74. The van der Waals surface area contributed by atoms with Crippen molar-refractivity contribution in [2.24, 2.45) is 0 Å². The first-order valence-corrected chi connectivity index (χ1v) is 6.22. The molecule has 1 amide bonds. The number of rotatable bonds is 2. The Balaban J connectivity index is 1.95. The number of hydrogen-bond acceptors (Lipinski definition) is 3. The quantitative estimate of drug-likeness (QED) is 0.756. The Kier molecular flexibility index (Phi) is 3.50. The van der Waals surface area contributed by atoms with Crippen molar-refractivity contribution in [3.63, 3.8) is 0 Å². The van der Waals surface area contributed by atoms with E-state index in [0.717, 1.165) is 45.3 Å². The lowest BCUT2D eigenvalue weighted by Gasteiger charge is -2.40. The molecular formula is C12H22N2O2. The number of methoxy groups -OCH3 is 1. The minimum atomic E-state index is -0.146. The van der Waals surface area contributed by atoms with Crippen LogP contribution in [-0.2, 0) is 9.53 Å². The van der Waals surface area contributed by atoms with Gasteiger partial charge in [0, 0.05) is 20.2 Å². The Bertz CT molecular complexity index is 264. The van der Waals surface area contributed by atoms with Crippen LogP contribution in [0.15, 0.2) is 0 Å². The Morgan fingerprint density at radius 3 is 2.94 bits per heavy atom. The molecule has 0 aromatic rings. The summed E-state index contributed by atoms with van der Waals surface area (Å²) in [4.78, 5) is 14.2. The van der Waals surface area contributed by atoms with Crippen molar-refractivity contribution in [3.8, 4) is 0 Å². The summed E-state index contributed by atoms with van der Waals surface area (Å²) in [6.07, 6.45) is 4.19. The zero-order chi connectivity index (χ0) is 11.6. The summed E-state index contributed by atoms with van der Waals surface area (Å²) in [6.45, 7) is 4.69. The number of ether oxygens (including phenoxy) is 1. The fourth-order valence-electron chi connectivity index (χ4n) is 2.68. The van der Waals surface area contributed by atoms with Crippen molar-refractivity contribution in [1.82, 2.24) is 10.2 Å². The lowest BCUT2D eigenvalue weighted by atomic mass is 9.94. The van der Waals surface area contributed by atoms with Crippen molar-refractivity contribution in [1.29, 1.82) is 0 Å².